The topological polar surface area (TPSA) is 145 Å². The van der Waals surface area contributed by atoms with Crippen LogP contribution in [0.1, 0.15) is 23.1 Å². The summed E-state index contributed by atoms with van der Waals surface area (Å²) in [5.41, 5.74) is 14.9. The Morgan fingerprint density at radius 3 is 2.56 bits per heavy atom. The van der Waals surface area contributed by atoms with Crippen molar-refractivity contribution in [2.45, 2.75) is 24.8 Å². The van der Waals surface area contributed by atoms with E-state index in [2.05, 4.69) is 51.3 Å². The number of aliphatic hydroxyl groups excluding tert-OH is 1. The SMILES string of the molecule is C=N/C=N\SCNSc1ccc(NCCCN)c(C#N)c1.CO.Cc1ccccc1CN. The molecule has 10 heteroatoms. The standard InChI is InChI=1S/C13H18N6S2.C8H11N.CH4O/c1-16-9-18-20-10-19-21-12-3-4-13(11(7-12)8-15)17-6-2-5-14;1-7-4-2-3-5-8(7)6-9;1-2/h3-4,7,9,17,19H,1-2,5-6,10,14H2;2-5H,6,9H2,1H3;2H,1H3/b18-9-;;. The van der Waals surface area contributed by atoms with Crippen molar-refractivity contribution in [1.82, 2.24) is 4.72 Å². The highest BCUT2D eigenvalue weighted by atomic mass is 32.2. The van der Waals surface area contributed by atoms with Crippen molar-refractivity contribution in [2.24, 2.45) is 20.9 Å². The molecule has 174 valence electrons. The van der Waals surface area contributed by atoms with Gasteiger partial charge in [0.15, 0.2) is 0 Å². The lowest BCUT2D eigenvalue weighted by molar-refractivity contribution is 0.399. The Morgan fingerprint density at radius 2 is 1.97 bits per heavy atom. The van der Waals surface area contributed by atoms with E-state index in [1.807, 2.05) is 30.3 Å². The summed E-state index contributed by atoms with van der Waals surface area (Å²) in [6.45, 7) is 7.41. The fourth-order valence-electron chi connectivity index (χ4n) is 2.24. The van der Waals surface area contributed by atoms with Gasteiger partial charge < -0.3 is 21.9 Å². The van der Waals surface area contributed by atoms with E-state index in [0.29, 0.717) is 24.5 Å². The second-order valence-corrected chi connectivity index (χ2v) is 7.66. The number of nitrogens with one attached hydrogen (secondary N) is 2. The highest BCUT2D eigenvalue weighted by Crippen LogP contribution is 2.23. The number of nitrogens with zero attached hydrogens (tertiary/aromatic N) is 3. The maximum Gasteiger partial charge on any atom is 0.122 e. The quantitative estimate of drug-likeness (QED) is 0.109. The summed E-state index contributed by atoms with van der Waals surface area (Å²) in [6.07, 6.45) is 2.27. The fraction of sp³-hybridized carbons (Fsp3) is 0.318. The van der Waals surface area contributed by atoms with Crippen molar-refractivity contribution in [2.75, 3.05) is 31.4 Å². The summed E-state index contributed by atoms with van der Waals surface area (Å²) >= 11 is 2.79. The Balaban J connectivity index is 0.000000723. The van der Waals surface area contributed by atoms with Crippen LogP contribution in [0.4, 0.5) is 5.69 Å². The lowest BCUT2D eigenvalue weighted by Crippen LogP contribution is -2.09. The first-order valence-corrected chi connectivity index (χ1v) is 11.6. The van der Waals surface area contributed by atoms with E-state index in [1.165, 1.54) is 41.4 Å². The van der Waals surface area contributed by atoms with Gasteiger partial charge in [0.25, 0.3) is 0 Å². The Labute approximate surface area is 199 Å². The molecule has 0 spiro atoms. The van der Waals surface area contributed by atoms with Crippen LogP contribution in [-0.2, 0) is 6.54 Å². The third-order valence-corrected chi connectivity index (χ3v) is 5.28. The van der Waals surface area contributed by atoms with Gasteiger partial charge in [0.2, 0.25) is 0 Å². The second-order valence-electron chi connectivity index (χ2n) is 5.94. The van der Waals surface area contributed by atoms with Gasteiger partial charge in [-0.05, 0) is 79.8 Å². The molecule has 0 saturated carbocycles. The molecule has 0 atom stereocenters. The molecule has 0 unspecified atom stereocenters. The number of nitriles is 1. The molecule has 0 heterocycles. The monoisotopic (exact) mass is 475 g/mol. The number of nitrogens with two attached hydrogens (primary N) is 2. The van der Waals surface area contributed by atoms with Gasteiger partial charge >= 0.3 is 0 Å². The molecule has 0 saturated heterocycles. The van der Waals surface area contributed by atoms with E-state index in [9.17, 15) is 5.26 Å². The molecular formula is C22H33N7OS2. The van der Waals surface area contributed by atoms with E-state index in [-0.39, 0.29) is 0 Å². The maximum atomic E-state index is 9.18. The molecule has 0 radical (unpaired) electrons. The number of aryl methyl sites for hydroxylation is 1. The number of hydrogen-bond acceptors (Lipinski definition) is 9. The minimum atomic E-state index is 0.625. The molecule has 7 N–H and O–H groups in total. The van der Waals surface area contributed by atoms with E-state index >= 15 is 0 Å². The highest BCUT2D eigenvalue weighted by Gasteiger charge is 2.03. The Kier molecular flexibility index (Phi) is 19.0. The summed E-state index contributed by atoms with van der Waals surface area (Å²) in [4.78, 5) is 4.48. The van der Waals surface area contributed by atoms with E-state index < -0.39 is 0 Å². The van der Waals surface area contributed by atoms with E-state index in [1.54, 1.807) is 0 Å². The number of aliphatic imine (C=N–C) groups is 1. The summed E-state index contributed by atoms with van der Waals surface area (Å²) in [5.74, 6) is 0.634. The lowest BCUT2D eigenvalue weighted by atomic mass is 10.1. The predicted octanol–water partition coefficient (Wildman–Crippen LogP) is 3.31. The van der Waals surface area contributed by atoms with Crippen molar-refractivity contribution in [3.8, 4) is 6.07 Å². The summed E-state index contributed by atoms with van der Waals surface area (Å²) in [7, 11) is 1.00. The Morgan fingerprint density at radius 1 is 1.22 bits per heavy atom. The van der Waals surface area contributed by atoms with Gasteiger partial charge in [-0.25, -0.2) is 9.12 Å². The van der Waals surface area contributed by atoms with Crippen LogP contribution in [0.3, 0.4) is 0 Å². The highest BCUT2D eigenvalue weighted by molar-refractivity contribution is 8.01. The van der Waals surface area contributed by atoms with Gasteiger partial charge in [-0.3, -0.25) is 4.99 Å². The van der Waals surface area contributed by atoms with Crippen LogP contribution < -0.4 is 21.5 Å². The predicted molar refractivity (Wildman–Crippen MR) is 140 cm³/mol. The van der Waals surface area contributed by atoms with E-state index in [0.717, 1.165) is 30.7 Å². The molecule has 2 rings (SSSR count). The van der Waals surface area contributed by atoms with Crippen LogP contribution in [0.25, 0.3) is 0 Å². The Bertz CT molecular complexity index is 841. The number of benzene rings is 2. The van der Waals surface area contributed by atoms with Crippen LogP contribution in [0.5, 0.6) is 0 Å². The summed E-state index contributed by atoms with van der Waals surface area (Å²) in [5, 5.41) is 19.4. The molecule has 0 aliphatic rings. The van der Waals surface area contributed by atoms with Crippen LogP contribution >= 0.6 is 23.9 Å². The zero-order chi connectivity index (χ0) is 24.0. The van der Waals surface area contributed by atoms with E-state index in [4.69, 9.17) is 16.6 Å². The normalized spacial score (nSPS) is 9.75. The first kappa shape index (κ1) is 29.6. The van der Waals surface area contributed by atoms with Crippen molar-refractivity contribution in [3.63, 3.8) is 0 Å². The Hall–Kier alpha value is -2.39. The maximum absolute atomic E-state index is 9.18. The second kappa shape index (κ2) is 20.5. The van der Waals surface area contributed by atoms with Crippen molar-refractivity contribution >= 4 is 42.6 Å². The van der Waals surface area contributed by atoms with Crippen molar-refractivity contribution in [3.05, 3.63) is 59.2 Å². The van der Waals surface area contributed by atoms with Gasteiger partial charge in [-0.15, -0.1) is 0 Å². The third-order valence-electron chi connectivity index (χ3n) is 3.81. The fourth-order valence-corrected chi connectivity index (χ4v) is 3.37. The van der Waals surface area contributed by atoms with Crippen LogP contribution in [-0.4, -0.2) is 44.2 Å². The minimum absolute atomic E-state index is 0.625. The average Bonchev–Trinajstić information content (AvgIpc) is 2.84. The zero-order valence-electron chi connectivity index (χ0n) is 18.6. The number of aliphatic hydroxyl groups is 1. The third kappa shape index (κ3) is 13.1. The lowest BCUT2D eigenvalue weighted by Gasteiger charge is -2.09. The molecular weight excluding hydrogens is 442 g/mol. The van der Waals surface area contributed by atoms with Gasteiger partial charge in [0.05, 0.1) is 17.1 Å². The van der Waals surface area contributed by atoms with Crippen LogP contribution in [0, 0.1) is 18.3 Å². The average molecular weight is 476 g/mol. The number of rotatable bonds is 11. The summed E-state index contributed by atoms with van der Waals surface area (Å²) < 4.78 is 7.07. The van der Waals surface area contributed by atoms with Crippen LogP contribution in [0.15, 0.2) is 56.8 Å². The first-order chi connectivity index (χ1) is 15.7. The first-order valence-electron chi connectivity index (χ1n) is 9.83. The number of anilines is 1. The molecule has 0 aliphatic heterocycles. The van der Waals surface area contributed by atoms with Gasteiger partial charge in [0, 0.05) is 25.1 Å². The number of hydrogen-bond donors (Lipinski definition) is 5. The zero-order valence-corrected chi connectivity index (χ0v) is 20.3. The molecule has 0 aliphatic carbocycles. The van der Waals surface area contributed by atoms with Crippen molar-refractivity contribution < 1.29 is 5.11 Å². The van der Waals surface area contributed by atoms with Gasteiger partial charge in [0.1, 0.15) is 12.4 Å². The minimum Gasteiger partial charge on any atom is -0.400 e. The molecule has 2 aromatic rings. The molecule has 2 aromatic carbocycles. The van der Waals surface area contributed by atoms with Crippen LogP contribution in [0.2, 0.25) is 0 Å². The molecule has 0 bridgehead atoms. The van der Waals surface area contributed by atoms with Gasteiger partial charge in [-0.2, -0.15) is 5.26 Å². The van der Waals surface area contributed by atoms with Crippen molar-refractivity contribution in [1.29, 1.82) is 5.26 Å². The molecule has 0 fully saturated rings. The molecule has 32 heavy (non-hydrogen) atoms. The summed E-state index contributed by atoms with van der Waals surface area (Å²) in [6, 6.07) is 16.1. The smallest absolute Gasteiger partial charge is 0.122 e. The largest absolute Gasteiger partial charge is 0.400 e. The van der Waals surface area contributed by atoms with Gasteiger partial charge in [-0.1, -0.05) is 24.3 Å². The molecule has 0 amide bonds. The molecule has 8 nitrogen and oxygen atoms in total. The molecule has 0 aromatic heterocycles.